The molecule has 1 aromatic carbocycles. The fourth-order valence-electron chi connectivity index (χ4n) is 7.36. The third kappa shape index (κ3) is 5.53. The predicted octanol–water partition coefficient (Wildman–Crippen LogP) is 6.07. The van der Waals surface area contributed by atoms with Gasteiger partial charge < -0.3 is 14.5 Å². The molecule has 3 fully saturated rings. The van der Waals surface area contributed by atoms with Crippen LogP contribution >= 0.6 is 11.3 Å². The topological polar surface area (TPSA) is 62.7 Å². The number of carbonyl (C=O) groups is 2. The number of ketones is 1. The summed E-state index contributed by atoms with van der Waals surface area (Å²) in [4.78, 5) is 35.4. The van der Waals surface area contributed by atoms with Gasteiger partial charge in [-0.05, 0) is 80.4 Å². The van der Waals surface area contributed by atoms with Crippen molar-refractivity contribution in [1.29, 1.82) is 0 Å². The lowest BCUT2D eigenvalue weighted by Crippen LogP contribution is -2.44. The highest BCUT2D eigenvalue weighted by Gasteiger charge is 2.49. The Kier molecular flexibility index (Phi) is 7.22. The predicted molar refractivity (Wildman–Crippen MR) is 146 cm³/mol. The van der Waals surface area contributed by atoms with Crippen molar-refractivity contribution >= 4 is 23.0 Å². The van der Waals surface area contributed by atoms with Gasteiger partial charge >= 0.3 is 6.18 Å². The van der Waals surface area contributed by atoms with Crippen LogP contribution in [-0.2, 0) is 19.4 Å². The van der Waals surface area contributed by atoms with E-state index in [0.29, 0.717) is 23.9 Å². The third-order valence-electron chi connectivity index (χ3n) is 9.94. The van der Waals surface area contributed by atoms with E-state index in [1.165, 1.54) is 11.3 Å². The van der Waals surface area contributed by atoms with Crippen LogP contribution in [0.5, 0.6) is 5.19 Å². The summed E-state index contributed by atoms with van der Waals surface area (Å²) >= 11 is 1.25. The van der Waals surface area contributed by atoms with Gasteiger partial charge in [0.15, 0.2) is 12.4 Å². The number of hydrogen-bond donors (Lipinski definition) is 0. The number of rotatable bonds is 8. The highest BCUT2D eigenvalue weighted by atomic mass is 32.1. The molecule has 1 aromatic heterocycles. The van der Waals surface area contributed by atoms with Gasteiger partial charge in [-0.1, -0.05) is 23.5 Å². The number of carbonyl (C=O) groups excluding carboxylic acids is 2. The molecule has 0 radical (unpaired) electrons. The minimum absolute atomic E-state index is 0.00100. The summed E-state index contributed by atoms with van der Waals surface area (Å²) in [6, 6.07) is 5.56. The molecule has 0 atom stereocenters. The second-order valence-corrected chi connectivity index (χ2v) is 13.5. The molecule has 2 aliphatic heterocycles. The van der Waals surface area contributed by atoms with Gasteiger partial charge in [-0.3, -0.25) is 9.59 Å². The lowest BCUT2D eigenvalue weighted by molar-refractivity contribution is -0.153. The lowest BCUT2D eigenvalue weighted by atomic mass is 9.51. The number of nitrogens with zero attached hydrogens (tertiary/aromatic N) is 3. The maximum atomic E-state index is 13.5. The molecular weight excluding hydrogens is 539 g/mol. The average molecular weight is 576 g/mol. The number of Topliss-reactive ketones (excluding diaryl/α,β-unsaturated/α-hetero) is 1. The van der Waals surface area contributed by atoms with E-state index in [2.05, 4.69) is 9.88 Å². The Morgan fingerprint density at radius 3 is 2.50 bits per heavy atom. The first-order chi connectivity index (χ1) is 19.0. The summed E-state index contributed by atoms with van der Waals surface area (Å²) in [5, 5.41) is 0.124. The van der Waals surface area contributed by atoms with Gasteiger partial charge in [0.05, 0.1) is 5.69 Å². The number of aromatic nitrogens is 1. The summed E-state index contributed by atoms with van der Waals surface area (Å²) in [6.07, 6.45) is 5.68. The Balaban J connectivity index is 1.00. The smallest absolute Gasteiger partial charge is 0.422 e. The van der Waals surface area contributed by atoms with E-state index < -0.39 is 12.8 Å². The average Bonchev–Trinajstić information content (AvgIpc) is 3.40. The molecule has 5 aliphatic rings. The first kappa shape index (κ1) is 27.7. The van der Waals surface area contributed by atoms with Crippen molar-refractivity contribution in [3.8, 4) is 5.19 Å². The Morgan fingerprint density at radius 2 is 1.77 bits per heavy atom. The normalized spacial score (nSPS) is 26.5. The Morgan fingerprint density at radius 1 is 1.07 bits per heavy atom. The number of thiazole rings is 1. The van der Waals surface area contributed by atoms with Gasteiger partial charge in [0, 0.05) is 55.5 Å². The molecule has 6 nitrogen and oxygen atoms in total. The van der Waals surface area contributed by atoms with Crippen LogP contribution in [0.4, 0.5) is 13.2 Å². The molecule has 3 aliphatic carbocycles. The molecule has 2 bridgehead atoms. The number of halogens is 3. The second-order valence-electron chi connectivity index (χ2n) is 12.4. The second kappa shape index (κ2) is 10.4. The molecule has 0 unspecified atom stereocenters. The molecule has 10 heteroatoms. The molecule has 216 valence electrons. The van der Waals surface area contributed by atoms with Crippen molar-refractivity contribution in [2.75, 3.05) is 33.3 Å². The van der Waals surface area contributed by atoms with Crippen LogP contribution in [0.1, 0.15) is 88.2 Å². The van der Waals surface area contributed by atoms with Crippen LogP contribution in [-0.4, -0.2) is 65.9 Å². The highest BCUT2D eigenvalue weighted by Crippen LogP contribution is 2.60. The number of ether oxygens (including phenoxy) is 1. The molecule has 1 amide bonds. The van der Waals surface area contributed by atoms with Crippen molar-refractivity contribution in [3.05, 3.63) is 45.5 Å². The van der Waals surface area contributed by atoms with Crippen molar-refractivity contribution in [2.24, 2.45) is 10.8 Å². The largest absolute Gasteiger partial charge is 0.460 e. The molecular formula is C30H36F3N3O3S. The van der Waals surface area contributed by atoms with Crippen LogP contribution < -0.4 is 4.74 Å². The Bertz CT molecular complexity index is 1260. The van der Waals surface area contributed by atoms with Crippen molar-refractivity contribution < 1.29 is 27.5 Å². The molecule has 40 heavy (non-hydrogen) atoms. The van der Waals surface area contributed by atoms with Crippen molar-refractivity contribution in [3.63, 3.8) is 0 Å². The molecule has 3 heterocycles. The van der Waals surface area contributed by atoms with Crippen LogP contribution in [0.2, 0.25) is 0 Å². The molecule has 7 rings (SSSR count). The zero-order valence-corrected chi connectivity index (χ0v) is 23.8. The third-order valence-corrected chi connectivity index (χ3v) is 11.0. The minimum atomic E-state index is -4.35. The lowest BCUT2D eigenvalue weighted by Gasteiger charge is -2.54. The monoisotopic (exact) mass is 575 g/mol. The number of hydrogen-bond acceptors (Lipinski definition) is 6. The number of fused-ring (bicyclic) bond motifs is 5. The summed E-state index contributed by atoms with van der Waals surface area (Å²) in [5.74, 6) is 0.186. The van der Waals surface area contributed by atoms with Gasteiger partial charge in [0.2, 0.25) is 0 Å². The van der Waals surface area contributed by atoms with Crippen molar-refractivity contribution in [2.45, 2.75) is 76.9 Å². The van der Waals surface area contributed by atoms with Crippen LogP contribution in [0.25, 0.3) is 0 Å². The minimum Gasteiger partial charge on any atom is -0.460 e. The van der Waals surface area contributed by atoms with Gasteiger partial charge in [0.25, 0.3) is 11.1 Å². The van der Waals surface area contributed by atoms with Gasteiger partial charge in [-0.15, -0.1) is 0 Å². The van der Waals surface area contributed by atoms with Crippen LogP contribution in [0, 0.1) is 10.8 Å². The summed E-state index contributed by atoms with van der Waals surface area (Å²) < 4.78 is 42.3. The number of alkyl halides is 3. The van der Waals surface area contributed by atoms with Crippen molar-refractivity contribution in [1.82, 2.24) is 14.8 Å². The van der Waals surface area contributed by atoms with Crippen LogP contribution in [0.3, 0.4) is 0 Å². The molecule has 2 aromatic rings. The summed E-state index contributed by atoms with van der Waals surface area (Å²) in [6.45, 7) is 2.00. The zero-order valence-electron chi connectivity index (χ0n) is 22.9. The Labute approximate surface area is 236 Å². The number of amides is 1. The fourth-order valence-corrected chi connectivity index (χ4v) is 8.30. The van der Waals surface area contributed by atoms with E-state index in [4.69, 9.17) is 4.74 Å². The summed E-state index contributed by atoms with van der Waals surface area (Å²) in [7, 11) is 1.78. The van der Waals surface area contributed by atoms with Gasteiger partial charge in [-0.2, -0.15) is 13.2 Å². The van der Waals surface area contributed by atoms with Gasteiger partial charge in [-0.25, -0.2) is 4.98 Å². The maximum absolute atomic E-state index is 13.5. The van der Waals surface area contributed by atoms with E-state index in [1.54, 1.807) is 11.9 Å². The van der Waals surface area contributed by atoms with E-state index in [-0.39, 0.29) is 22.3 Å². The SMILES string of the molecule is CN1Cc2c(C(=O)CC34CCC(CCN5CCc6nc(OCC(F)(F)F)sc6CC5)(CC3)CC4)cccc2C1=O. The molecule has 0 spiro atoms. The summed E-state index contributed by atoms with van der Waals surface area (Å²) in [5.41, 5.74) is 3.62. The standard InChI is InChI=1S/C30H36F3N3O3S/c1-35-18-22-20(3-2-4-21(22)26(35)38)24(37)17-29-10-7-28(8-11-29,9-12-29)13-16-36-14-5-23-25(6-15-36)40-27(34-23)39-19-30(31,32)33/h2-4H,5-19H2,1H3. The highest BCUT2D eigenvalue weighted by molar-refractivity contribution is 7.13. The molecule has 0 N–H and O–H groups in total. The van der Waals surface area contributed by atoms with Gasteiger partial charge in [0.1, 0.15) is 0 Å². The van der Waals surface area contributed by atoms with E-state index in [0.717, 1.165) is 99.1 Å². The molecule has 3 saturated carbocycles. The first-order valence-corrected chi connectivity index (χ1v) is 15.2. The van der Waals surface area contributed by atoms with E-state index in [9.17, 15) is 22.8 Å². The molecule has 0 saturated heterocycles. The van der Waals surface area contributed by atoms with Crippen LogP contribution in [0.15, 0.2) is 18.2 Å². The number of benzene rings is 1. The van der Waals surface area contributed by atoms with E-state index in [1.807, 2.05) is 18.2 Å². The fraction of sp³-hybridized carbons (Fsp3) is 0.633. The quantitative estimate of drug-likeness (QED) is 0.358. The maximum Gasteiger partial charge on any atom is 0.422 e. The first-order valence-electron chi connectivity index (χ1n) is 14.3. The van der Waals surface area contributed by atoms with E-state index >= 15 is 0 Å². The zero-order chi connectivity index (χ0) is 28.1. The Hall–Kier alpha value is -2.46.